The van der Waals surface area contributed by atoms with Crippen LogP contribution in [-0.2, 0) is 11.3 Å². The first-order chi connectivity index (χ1) is 10.3. The van der Waals surface area contributed by atoms with Crippen LogP contribution in [0, 0.1) is 0 Å². The van der Waals surface area contributed by atoms with Gasteiger partial charge in [0.15, 0.2) is 0 Å². The normalized spacial score (nSPS) is 19.5. The molecule has 1 aliphatic heterocycles. The maximum atomic E-state index is 5.79. The molecule has 0 spiro atoms. The smallest absolute Gasteiger partial charge is 0.123 e. The van der Waals surface area contributed by atoms with Crippen LogP contribution >= 0.6 is 0 Å². The summed E-state index contributed by atoms with van der Waals surface area (Å²) in [7, 11) is 3.36. The van der Waals surface area contributed by atoms with Gasteiger partial charge in [-0.15, -0.1) is 0 Å². The third kappa shape index (κ3) is 4.59. The van der Waals surface area contributed by atoms with Crippen LogP contribution < -0.4 is 14.8 Å². The Labute approximate surface area is 127 Å². The summed E-state index contributed by atoms with van der Waals surface area (Å²) in [6.45, 7) is 7.72. The highest BCUT2D eigenvalue weighted by atomic mass is 16.5. The van der Waals surface area contributed by atoms with Crippen LogP contribution in [0.15, 0.2) is 18.2 Å². The lowest BCUT2D eigenvalue weighted by molar-refractivity contribution is -0.0253. The van der Waals surface area contributed by atoms with Gasteiger partial charge in [-0.25, -0.2) is 0 Å². The van der Waals surface area contributed by atoms with E-state index in [4.69, 9.17) is 14.2 Å². The molecule has 5 nitrogen and oxygen atoms in total. The molecular weight excluding hydrogens is 268 g/mol. The summed E-state index contributed by atoms with van der Waals surface area (Å²) in [6, 6.07) is 5.85. The highest BCUT2D eigenvalue weighted by Crippen LogP contribution is 2.23. The minimum atomic E-state index is 0.260. The lowest BCUT2D eigenvalue weighted by Gasteiger charge is -2.32. The number of nitrogens with one attached hydrogen (secondary N) is 1. The molecule has 5 heteroatoms. The van der Waals surface area contributed by atoms with Crippen LogP contribution in [0.4, 0.5) is 0 Å². The molecule has 1 N–H and O–H groups in total. The first kappa shape index (κ1) is 16.1. The van der Waals surface area contributed by atoms with Gasteiger partial charge in [-0.2, -0.15) is 0 Å². The molecule has 0 radical (unpaired) electrons. The number of ether oxygens (including phenoxy) is 3. The van der Waals surface area contributed by atoms with E-state index < -0.39 is 0 Å². The molecule has 1 atom stereocenters. The molecule has 1 aromatic rings. The summed E-state index contributed by atoms with van der Waals surface area (Å²) >= 11 is 0. The minimum Gasteiger partial charge on any atom is -0.497 e. The number of benzene rings is 1. The Morgan fingerprint density at radius 2 is 2.19 bits per heavy atom. The summed E-state index contributed by atoms with van der Waals surface area (Å²) in [5, 5.41) is 3.45. The zero-order valence-corrected chi connectivity index (χ0v) is 13.2. The minimum absolute atomic E-state index is 0.260. The first-order valence-electron chi connectivity index (χ1n) is 7.52. The highest BCUT2D eigenvalue weighted by Gasteiger charge is 2.18. The molecule has 1 fully saturated rings. The van der Waals surface area contributed by atoms with E-state index in [-0.39, 0.29) is 6.10 Å². The largest absolute Gasteiger partial charge is 0.497 e. The van der Waals surface area contributed by atoms with Gasteiger partial charge in [-0.3, -0.25) is 4.90 Å². The molecule has 0 aliphatic carbocycles. The number of hydrogen-bond donors (Lipinski definition) is 1. The molecule has 2 rings (SSSR count). The van der Waals surface area contributed by atoms with Crippen molar-refractivity contribution in [3.63, 3.8) is 0 Å². The molecular formula is C16H26N2O3. The van der Waals surface area contributed by atoms with Gasteiger partial charge >= 0.3 is 0 Å². The lowest BCUT2D eigenvalue weighted by Crippen LogP contribution is -2.46. The zero-order valence-electron chi connectivity index (χ0n) is 13.2. The van der Waals surface area contributed by atoms with E-state index in [1.54, 1.807) is 14.2 Å². The monoisotopic (exact) mass is 294 g/mol. The fourth-order valence-electron chi connectivity index (χ4n) is 2.58. The molecule has 0 amide bonds. The summed E-state index contributed by atoms with van der Waals surface area (Å²) in [5.41, 5.74) is 1.10. The molecule has 118 valence electrons. The van der Waals surface area contributed by atoms with Gasteiger partial charge in [0.2, 0.25) is 0 Å². The average molecular weight is 294 g/mol. The van der Waals surface area contributed by atoms with Gasteiger partial charge in [0.1, 0.15) is 11.5 Å². The zero-order chi connectivity index (χ0) is 15.1. The summed E-state index contributed by atoms with van der Waals surface area (Å²) in [5.74, 6) is 1.72. The van der Waals surface area contributed by atoms with Crippen LogP contribution in [0.1, 0.15) is 12.5 Å². The summed E-state index contributed by atoms with van der Waals surface area (Å²) in [6.07, 6.45) is 0.260. The number of methoxy groups -OCH3 is 2. The van der Waals surface area contributed by atoms with Crippen LogP contribution in [0.5, 0.6) is 11.5 Å². The Kier molecular flexibility index (Phi) is 6.29. The molecule has 0 aromatic heterocycles. The second-order valence-electron chi connectivity index (χ2n) is 5.19. The van der Waals surface area contributed by atoms with E-state index in [1.165, 1.54) is 0 Å². The van der Waals surface area contributed by atoms with Crippen LogP contribution in [0.3, 0.4) is 0 Å². The average Bonchev–Trinajstić information content (AvgIpc) is 2.55. The van der Waals surface area contributed by atoms with Crippen LogP contribution in [-0.4, -0.2) is 58.0 Å². The van der Waals surface area contributed by atoms with E-state index in [1.807, 2.05) is 18.2 Å². The predicted molar refractivity (Wildman–Crippen MR) is 83.1 cm³/mol. The maximum absolute atomic E-state index is 5.79. The number of hydrogen-bond acceptors (Lipinski definition) is 5. The van der Waals surface area contributed by atoms with Gasteiger partial charge < -0.3 is 19.5 Å². The van der Waals surface area contributed by atoms with Crippen molar-refractivity contribution in [2.24, 2.45) is 0 Å². The molecule has 21 heavy (non-hydrogen) atoms. The third-order valence-corrected chi connectivity index (χ3v) is 3.85. The molecule has 1 unspecified atom stereocenters. The molecule has 1 saturated heterocycles. The van der Waals surface area contributed by atoms with Crippen molar-refractivity contribution in [3.05, 3.63) is 23.8 Å². The highest BCUT2D eigenvalue weighted by molar-refractivity contribution is 5.40. The van der Waals surface area contributed by atoms with Crippen molar-refractivity contribution in [3.8, 4) is 11.5 Å². The van der Waals surface area contributed by atoms with E-state index in [0.29, 0.717) is 0 Å². The van der Waals surface area contributed by atoms with Gasteiger partial charge in [0.25, 0.3) is 0 Å². The third-order valence-electron chi connectivity index (χ3n) is 3.85. The Hall–Kier alpha value is -1.30. The first-order valence-corrected chi connectivity index (χ1v) is 7.52. The van der Waals surface area contributed by atoms with E-state index >= 15 is 0 Å². The SMILES string of the molecule is CCN1CCOC(CNCc2cc(OC)ccc2OC)C1. The second-order valence-corrected chi connectivity index (χ2v) is 5.19. The van der Waals surface area contributed by atoms with Gasteiger partial charge in [0, 0.05) is 31.7 Å². The molecule has 1 aromatic carbocycles. The van der Waals surface area contributed by atoms with E-state index in [9.17, 15) is 0 Å². The van der Waals surface area contributed by atoms with Crippen molar-refractivity contribution >= 4 is 0 Å². The van der Waals surface area contributed by atoms with Crippen molar-refractivity contribution in [2.75, 3.05) is 47.0 Å². The number of morpholine rings is 1. The Bertz CT molecular complexity index is 440. The van der Waals surface area contributed by atoms with Gasteiger partial charge in [-0.1, -0.05) is 6.92 Å². The Balaban J connectivity index is 1.85. The van der Waals surface area contributed by atoms with Crippen molar-refractivity contribution < 1.29 is 14.2 Å². The molecule has 1 heterocycles. The lowest BCUT2D eigenvalue weighted by atomic mass is 10.2. The molecule has 1 aliphatic rings. The fourth-order valence-corrected chi connectivity index (χ4v) is 2.58. The molecule has 0 saturated carbocycles. The van der Waals surface area contributed by atoms with Crippen molar-refractivity contribution in [1.82, 2.24) is 10.2 Å². The quantitative estimate of drug-likeness (QED) is 0.826. The standard InChI is InChI=1S/C16H26N2O3/c1-4-18-7-8-21-15(12-18)11-17-10-13-9-14(19-2)5-6-16(13)20-3/h5-6,9,15,17H,4,7-8,10-12H2,1-3H3. The number of rotatable bonds is 7. The van der Waals surface area contributed by atoms with E-state index in [0.717, 1.165) is 56.4 Å². The van der Waals surface area contributed by atoms with Crippen molar-refractivity contribution in [1.29, 1.82) is 0 Å². The Morgan fingerprint density at radius 1 is 1.33 bits per heavy atom. The van der Waals surface area contributed by atoms with Crippen LogP contribution in [0.2, 0.25) is 0 Å². The maximum Gasteiger partial charge on any atom is 0.123 e. The van der Waals surface area contributed by atoms with Gasteiger partial charge in [-0.05, 0) is 24.7 Å². The topological polar surface area (TPSA) is 43.0 Å². The van der Waals surface area contributed by atoms with E-state index in [2.05, 4.69) is 17.1 Å². The van der Waals surface area contributed by atoms with Crippen LogP contribution in [0.25, 0.3) is 0 Å². The second kappa shape index (κ2) is 8.22. The Morgan fingerprint density at radius 3 is 2.90 bits per heavy atom. The summed E-state index contributed by atoms with van der Waals surface area (Å²) in [4.78, 5) is 2.42. The molecule has 0 bridgehead atoms. The fraction of sp³-hybridized carbons (Fsp3) is 0.625. The predicted octanol–water partition coefficient (Wildman–Crippen LogP) is 1.51. The number of likely N-dealkylation sites (N-methyl/N-ethyl adjacent to an activating group) is 1. The summed E-state index contributed by atoms with van der Waals surface area (Å²) < 4.78 is 16.4. The van der Waals surface area contributed by atoms with Crippen molar-refractivity contribution in [2.45, 2.75) is 19.6 Å². The number of nitrogens with zero attached hydrogens (tertiary/aromatic N) is 1. The van der Waals surface area contributed by atoms with Gasteiger partial charge in [0.05, 0.1) is 26.9 Å².